The lowest BCUT2D eigenvalue weighted by atomic mass is 10.1. The molecule has 0 atom stereocenters. The number of rotatable bonds is 8. The van der Waals surface area contributed by atoms with E-state index in [1.165, 1.54) is 29.6 Å². The molecule has 0 aliphatic rings. The first-order valence-electron chi connectivity index (χ1n) is 8.96. The van der Waals surface area contributed by atoms with E-state index in [4.69, 9.17) is 0 Å². The van der Waals surface area contributed by atoms with Crippen molar-refractivity contribution in [3.63, 3.8) is 0 Å². The summed E-state index contributed by atoms with van der Waals surface area (Å²) < 4.78 is 0. The Hall–Kier alpha value is -3.04. The lowest BCUT2D eigenvalue weighted by molar-refractivity contribution is -0.116. The zero-order valence-corrected chi connectivity index (χ0v) is 17.4. The first kappa shape index (κ1) is 20.7. The number of thiophene rings is 1. The summed E-state index contributed by atoms with van der Waals surface area (Å²) in [7, 11) is 0. The van der Waals surface area contributed by atoms with E-state index in [1.807, 2.05) is 29.0 Å². The average molecular weight is 429 g/mol. The van der Waals surface area contributed by atoms with E-state index in [2.05, 4.69) is 20.9 Å². The summed E-state index contributed by atoms with van der Waals surface area (Å²) in [5.41, 5.74) is 2.37. The molecule has 150 valence electrons. The van der Waals surface area contributed by atoms with Gasteiger partial charge in [-0.15, -0.1) is 22.7 Å². The minimum atomic E-state index is -0.141. The van der Waals surface area contributed by atoms with Crippen LogP contribution in [-0.4, -0.2) is 29.3 Å². The number of benzene rings is 1. The van der Waals surface area contributed by atoms with Crippen LogP contribution >= 0.6 is 22.7 Å². The third-order valence-electron chi connectivity index (χ3n) is 3.86. The van der Waals surface area contributed by atoms with Crippen LogP contribution in [0.25, 0.3) is 11.3 Å². The summed E-state index contributed by atoms with van der Waals surface area (Å²) in [6.07, 6.45) is 0.844. The summed E-state index contributed by atoms with van der Waals surface area (Å²) in [6, 6.07) is 10.9. The largest absolute Gasteiger partial charge is 0.351 e. The molecule has 7 nitrogen and oxygen atoms in total. The van der Waals surface area contributed by atoms with Gasteiger partial charge in [-0.05, 0) is 30.0 Å². The van der Waals surface area contributed by atoms with Gasteiger partial charge in [-0.1, -0.05) is 18.2 Å². The second-order valence-corrected chi connectivity index (χ2v) is 7.99. The monoisotopic (exact) mass is 428 g/mol. The van der Waals surface area contributed by atoms with Crippen LogP contribution in [0.15, 0.2) is 47.2 Å². The van der Waals surface area contributed by atoms with Crippen LogP contribution < -0.4 is 16.0 Å². The van der Waals surface area contributed by atoms with Crippen molar-refractivity contribution in [1.82, 2.24) is 10.3 Å². The highest BCUT2D eigenvalue weighted by atomic mass is 32.1. The summed E-state index contributed by atoms with van der Waals surface area (Å²) >= 11 is 2.73. The van der Waals surface area contributed by atoms with Gasteiger partial charge in [0, 0.05) is 36.5 Å². The van der Waals surface area contributed by atoms with Crippen LogP contribution in [0.5, 0.6) is 0 Å². The number of hydrogen-bond donors (Lipinski definition) is 3. The Morgan fingerprint density at radius 1 is 1.03 bits per heavy atom. The van der Waals surface area contributed by atoms with Gasteiger partial charge in [0.25, 0.3) is 5.91 Å². The Morgan fingerprint density at radius 3 is 2.52 bits per heavy atom. The van der Waals surface area contributed by atoms with Crippen LogP contribution in [0.1, 0.15) is 29.4 Å². The summed E-state index contributed by atoms with van der Waals surface area (Å²) in [6.45, 7) is 1.90. The lowest BCUT2D eigenvalue weighted by Crippen LogP contribution is -2.24. The number of nitrogens with zero attached hydrogens (tertiary/aromatic N) is 1. The number of carbonyl (C=O) groups excluding carboxylic acids is 3. The fourth-order valence-electron chi connectivity index (χ4n) is 2.52. The molecule has 9 heteroatoms. The molecule has 0 radical (unpaired) electrons. The fraction of sp³-hybridized carbons (Fsp3) is 0.200. The van der Waals surface area contributed by atoms with Gasteiger partial charge in [-0.2, -0.15) is 0 Å². The van der Waals surface area contributed by atoms with Crippen molar-refractivity contribution in [3.8, 4) is 11.3 Å². The average Bonchev–Trinajstić information content (AvgIpc) is 3.37. The highest BCUT2D eigenvalue weighted by Crippen LogP contribution is 2.26. The number of amides is 3. The number of hydrogen-bond acceptors (Lipinski definition) is 6. The number of carbonyl (C=O) groups is 3. The van der Waals surface area contributed by atoms with Crippen molar-refractivity contribution in [3.05, 3.63) is 52.0 Å². The number of aromatic nitrogens is 1. The molecule has 2 heterocycles. The molecule has 0 unspecified atom stereocenters. The molecule has 3 aromatic rings. The molecule has 3 rings (SSSR count). The Bertz CT molecular complexity index is 982. The normalized spacial score (nSPS) is 10.4. The van der Waals surface area contributed by atoms with E-state index in [-0.39, 0.29) is 17.7 Å². The Balaban J connectivity index is 1.44. The van der Waals surface area contributed by atoms with E-state index in [0.717, 1.165) is 16.9 Å². The molecule has 0 spiro atoms. The van der Waals surface area contributed by atoms with Crippen LogP contribution in [0, 0.1) is 0 Å². The second-order valence-electron chi connectivity index (χ2n) is 6.18. The molecule has 3 amide bonds. The molecule has 3 N–H and O–H groups in total. The molecule has 0 saturated heterocycles. The third-order valence-corrected chi connectivity index (χ3v) is 5.49. The number of anilines is 2. The van der Waals surface area contributed by atoms with Gasteiger partial charge >= 0.3 is 0 Å². The smallest absolute Gasteiger partial charge is 0.261 e. The van der Waals surface area contributed by atoms with Crippen molar-refractivity contribution in [1.29, 1.82) is 0 Å². The molecule has 29 heavy (non-hydrogen) atoms. The Morgan fingerprint density at radius 2 is 1.83 bits per heavy atom. The molecular formula is C20H20N4O3S2. The molecule has 0 aliphatic carbocycles. The van der Waals surface area contributed by atoms with Crippen LogP contribution in [-0.2, 0) is 9.59 Å². The summed E-state index contributed by atoms with van der Waals surface area (Å²) in [4.78, 5) is 40.1. The van der Waals surface area contributed by atoms with Gasteiger partial charge < -0.3 is 16.0 Å². The standard InChI is InChI=1S/C20H20N4O3S2/c1-13(25)22-15-8-6-14(7-9-15)16-12-29-20(23-16)24-18(26)5-2-10-21-19(27)17-4-3-11-28-17/h3-4,6-9,11-12H,2,5,10H2,1H3,(H,21,27)(H,22,25)(H,23,24,26). The van der Waals surface area contributed by atoms with E-state index >= 15 is 0 Å². The Labute approximate surface area is 176 Å². The molecule has 2 aromatic heterocycles. The molecule has 1 aromatic carbocycles. The van der Waals surface area contributed by atoms with E-state index in [9.17, 15) is 14.4 Å². The van der Waals surface area contributed by atoms with Gasteiger partial charge in [0.05, 0.1) is 10.6 Å². The van der Waals surface area contributed by atoms with Gasteiger partial charge in [0.2, 0.25) is 11.8 Å². The fourth-order valence-corrected chi connectivity index (χ4v) is 3.89. The first-order chi connectivity index (χ1) is 14.0. The lowest BCUT2D eigenvalue weighted by Gasteiger charge is -2.04. The quantitative estimate of drug-likeness (QED) is 0.473. The van der Waals surface area contributed by atoms with Gasteiger partial charge in [0.15, 0.2) is 5.13 Å². The molecule has 0 fully saturated rings. The highest BCUT2D eigenvalue weighted by Gasteiger charge is 2.09. The zero-order chi connectivity index (χ0) is 20.6. The topological polar surface area (TPSA) is 100 Å². The van der Waals surface area contributed by atoms with Gasteiger partial charge in [-0.25, -0.2) is 4.98 Å². The summed E-state index contributed by atoms with van der Waals surface area (Å²) in [5, 5.41) is 12.5. The maximum absolute atomic E-state index is 12.1. The zero-order valence-electron chi connectivity index (χ0n) is 15.7. The Kier molecular flexibility index (Phi) is 7.09. The van der Waals surface area contributed by atoms with Crippen molar-refractivity contribution in [2.45, 2.75) is 19.8 Å². The summed E-state index contributed by atoms with van der Waals surface area (Å²) in [5.74, 6) is -0.380. The van der Waals surface area contributed by atoms with E-state index in [1.54, 1.807) is 18.2 Å². The molecular weight excluding hydrogens is 408 g/mol. The predicted molar refractivity (Wildman–Crippen MR) is 116 cm³/mol. The van der Waals surface area contributed by atoms with E-state index < -0.39 is 0 Å². The first-order valence-corrected chi connectivity index (χ1v) is 10.7. The molecule has 0 aliphatic heterocycles. The van der Waals surface area contributed by atoms with Crippen LogP contribution in [0.2, 0.25) is 0 Å². The van der Waals surface area contributed by atoms with Crippen LogP contribution in [0.4, 0.5) is 10.8 Å². The number of thiazole rings is 1. The third kappa shape index (κ3) is 6.23. The maximum atomic E-state index is 12.1. The van der Waals surface area contributed by atoms with Crippen molar-refractivity contribution in [2.24, 2.45) is 0 Å². The number of nitrogens with one attached hydrogen (secondary N) is 3. The maximum Gasteiger partial charge on any atom is 0.261 e. The second kappa shape index (κ2) is 9.94. The van der Waals surface area contributed by atoms with Gasteiger partial charge in [0.1, 0.15) is 0 Å². The highest BCUT2D eigenvalue weighted by molar-refractivity contribution is 7.14. The minimum absolute atomic E-state index is 0.116. The SMILES string of the molecule is CC(=O)Nc1ccc(-c2csc(NC(=O)CCCNC(=O)c3cccs3)n2)cc1. The predicted octanol–water partition coefficient (Wildman–Crippen LogP) is 3.98. The van der Waals surface area contributed by atoms with Gasteiger partial charge in [-0.3, -0.25) is 14.4 Å². The van der Waals surface area contributed by atoms with Crippen LogP contribution in [0.3, 0.4) is 0 Å². The van der Waals surface area contributed by atoms with Crippen molar-refractivity contribution < 1.29 is 14.4 Å². The minimum Gasteiger partial charge on any atom is -0.351 e. The van der Waals surface area contributed by atoms with Crippen molar-refractivity contribution >= 4 is 51.2 Å². The molecule has 0 saturated carbocycles. The van der Waals surface area contributed by atoms with Crippen molar-refractivity contribution in [2.75, 3.05) is 17.2 Å². The van der Waals surface area contributed by atoms with E-state index in [0.29, 0.717) is 29.4 Å². The molecule has 0 bridgehead atoms.